The number of rotatable bonds is 6. The number of aliphatic hydroxyl groups is 1. The van der Waals surface area contributed by atoms with Crippen LogP contribution in [0.4, 0.5) is 5.69 Å². The molecule has 0 aliphatic carbocycles. The number of nitrogens with one attached hydrogen (secondary N) is 1. The highest BCUT2D eigenvalue weighted by molar-refractivity contribution is 7.10. The molecule has 96 valence electrons. The van der Waals surface area contributed by atoms with Crippen LogP contribution in [0.2, 0.25) is 0 Å². The molecule has 2 rings (SSSR count). The van der Waals surface area contributed by atoms with Crippen LogP contribution >= 0.6 is 11.3 Å². The van der Waals surface area contributed by atoms with Gasteiger partial charge in [0.2, 0.25) is 0 Å². The van der Waals surface area contributed by atoms with E-state index in [0.717, 1.165) is 16.1 Å². The van der Waals surface area contributed by atoms with E-state index in [4.69, 9.17) is 4.74 Å². The van der Waals surface area contributed by atoms with Crippen molar-refractivity contribution in [3.05, 3.63) is 52.2 Å². The molecule has 3 nitrogen and oxygen atoms in total. The van der Waals surface area contributed by atoms with Gasteiger partial charge in [0, 0.05) is 24.2 Å². The summed E-state index contributed by atoms with van der Waals surface area (Å²) in [5, 5.41) is 15.2. The lowest BCUT2D eigenvalue weighted by Gasteiger charge is -2.12. The van der Waals surface area contributed by atoms with Gasteiger partial charge in [-0.1, -0.05) is 18.2 Å². The molecule has 0 spiro atoms. The van der Waals surface area contributed by atoms with Gasteiger partial charge in [0.15, 0.2) is 0 Å². The Bertz CT molecular complexity index is 470. The predicted molar refractivity (Wildman–Crippen MR) is 74.9 cm³/mol. The molecule has 0 bridgehead atoms. The van der Waals surface area contributed by atoms with Crippen molar-refractivity contribution in [2.75, 3.05) is 19.0 Å². The largest absolute Gasteiger partial charge is 0.386 e. The van der Waals surface area contributed by atoms with Crippen molar-refractivity contribution in [2.45, 2.75) is 12.7 Å². The molecule has 0 saturated carbocycles. The molecule has 1 unspecified atom stereocenters. The fraction of sp³-hybridized carbons (Fsp3) is 0.286. The molecule has 0 saturated heterocycles. The minimum atomic E-state index is -0.462. The van der Waals surface area contributed by atoms with Gasteiger partial charge in [-0.2, -0.15) is 0 Å². The highest BCUT2D eigenvalue weighted by Gasteiger charge is 2.07. The maximum atomic E-state index is 9.97. The molecular weight excluding hydrogens is 246 g/mol. The molecule has 0 fully saturated rings. The molecule has 0 aliphatic rings. The fourth-order valence-electron chi connectivity index (χ4n) is 1.73. The summed E-state index contributed by atoms with van der Waals surface area (Å²) in [4.78, 5) is 0.982. The predicted octanol–water partition coefficient (Wildman–Crippen LogP) is 3.04. The molecule has 0 aliphatic heterocycles. The zero-order valence-corrected chi connectivity index (χ0v) is 11.1. The molecule has 1 heterocycles. The van der Waals surface area contributed by atoms with Crippen LogP contribution in [-0.4, -0.2) is 18.8 Å². The lowest BCUT2D eigenvalue weighted by Crippen LogP contribution is -2.11. The summed E-state index contributed by atoms with van der Waals surface area (Å²) >= 11 is 1.57. The number of hydrogen-bond donors (Lipinski definition) is 2. The number of thiophene rings is 1. The first-order valence-corrected chi connectivity index (χ1v) is 6.71. The van der Waals surface area contributed by atoms with Crippen molar-refractivity contribution in [3.63, 3.8) is 0 Å². The van der Waals surface area contributed by atoms with Gasteiger partial charge in [-0.3, -0.25) is 0 Å². The number of methoxy groups -OCH3 is 1. The van der Waals surface area contributed by atoms with Crippen LogP contribution in [-0.2, 0) is 11.3 Å². The molecule has 1 aromatic heterocycles. The Hall–Kier alpha value is -1.36. The van der Waals surface area contributed by atoms with Crippen LogP contribution in [0.25, 0.3) is 0 Å². The van der Waals surface area contributed by atoms with Crippen LogP contribution in [0.15, 0.2) is 41.8 Å². The smallest absolute Gasteiger partial charge is 0.105 e. The Morgan fingerprint density at radius 3 is 2.94 bits per heavy atom. The van der Waals surface area contributed by atoms with Crippen molar-refractivity contribution >= 4 is 17.0 Å². The molecule has 1 aromatic carbocycles. The molecule has 0 radical (unpaired) electrons. The zero-order chi connectivity index (χ0) is 12.8. The first kappa shape index (κ1) is 13.1. The van der Waals surface area contributed by atoms with E-state index in [1.54, 1.807) is 18.4 Å². The van der Waals surface area contributed by atoms with Crippen molar-refractivity contribution < 1.29 is 9.84 Å². The van der Waals surface area contributed by atoms with E-state index >= 15 is 0 Å². The number of benzene rings is 1. The topological polar surface area (TPSA) is 41.5 Å². The summed E-state index contributed by atoms with van der Waals surface area (Å²) in [6, 6.07) is 11.9. The average Bonchev–Trinajstić information content (AvgIpc) is 2.91. The van der Waals surface area contributed by atoms with Gasteiger partial charge in [-0.25, -0.2) is 0 Å². The van der Waals surface area contributed by atoms with E-state index in [9.17, 15) is 5.11 Å². The van der Waals surface area contributed by atoms with Crippen molar-refractivity contribution in [1.29, 1.82) is 0 Å². The van der Waals surface area contributed by atoms with E-state index in [2.05, 4.69) is 5.32 Å². The standard InChI is InChI=1S/C14H17NO2S/c1-17-10-11-4-2-5-12(8-11)15-9-13(16)14-6-3-7-18-14/h2-8,13,15-16H,9-10H2,1H3. The number of ether oxygens (including phenoxy) is 1. The minimum absolute atomic E-state index is 0.462. The van der Waals surface area contributed by atoms with Gasteiger partial charge in [0.05, 0.1) is 6.61 Å². The molecule has 18 heavy (non-hydrogen) atoms. The molecule has 2 aromatic rings. The van der Waals surface area contributed by atoms with Gasteiger partial charge in [0.25, 0.3) is 0 Å². The van der Waals surface area contributed by atoms with Crippen molar-refractivity contribution in [1.82, 2.24) is 0 Å². The van der Waals surface area contributed by atoms with Gasteiger partial charge in [-0.05, 0) is 29.1 Å². The van der Waals surface area contributed by atoms with Crippen molar-refractivity contribution in [2.24, 2.45) is 0 Å². The highest BCUT2D eigenvalue weighted by Crippen LogP contribution is 2.19. The summed E-state index contributed by atoms with van der Waals surface area (Å²) in [7, 11) is 1.68. The molecule has 4 heteroatoms. The van der Waals surface area contributed by atoms with Crippen LogP contribution in [0, 0.1) is 0 Å². The number of hydrogen-bond acceptors (Lipinski definition) is 4. The van der Waals surface area contributed by atoms with E-state index in [-0.39, 0.29) is 0 Å². The summed E-state index contributed by atoms with van der Waals surface area (Å²) in [6.07, 6.45) is -0.462. The number of anilines is 1. The van der Waals surface area contributed by atoms with E-state index in [1.807, 2.05) is 41.8 Å². The molecule has 2 N–H and O–H groups in total. The van der Waals surface area contributed by atoms with E-state index in [1.165, 1.54) is 0 Å². The van der Waals surface area contributed by atoms with Crippen molar-refractivity contribution in [3.8, 4) is 0 Å². The lowest BCUT2D eigenvalue weighted by molar-refractivity contribution is 0.185. The second-order valence-electron chi connectivity index (χ2n) is 4.05. The zero-order valence-electron chi connectivity index (χ0n) is 10.3. The third kappa shape index (κ3) is 3.57. The summed E-state index contributed by atoms with van der Waals surface area (Å²) < 4.78 is 5.09. The molecule has 1 atom stereocenters. The maximum absolute atomic E-state index is 9.97. The average molecular weight is 263 g/mol. The van der Waals surface area contributed by atoms with Crippen LogP contribution in [0.5, 0.6) is 0 Å². The highest BCUT2D eigenvalue weighted by atomic mass is 32.1. The SMILES string of the molecule is COCc1cccc(NCC(O)c2cccs2)c1. The first-order valence-electron chi connectivity index (χ1n) is 5.83. The Morgan fingerprint density at radius 2 is 2.22 bits per heavy atom. The quantitative estimate of drug-likeness (QED) is 0.841. The van der Waals surface area contributed by atoms with Gasteiger partial charge >= 0.3 is 0 Å². The van der Waals surface area contributed by atoms with Gasteiger partial charge in [0.1, 0.15) is 6.10 Å². The Balaban J connectivity index is 1.91. The van der Waals surface area contributed by atoms with Crippen LogP contribution in [0.3, 0.4) is 0 Å². The van der Waals surface area contributed by atoms with Crippen LogP contribution in [0.1, 0.15) is 16.5 Å². The fourth-order valence-corrected chi connectivity index (χ4v) is 2.45. The van der Waals surface area contributed by atoms with E-state index < -0.39 is 6.10 Å². The second kappa shape index (κ2) is 6.54. The Labute approximate surface area is 111 Å². The van der Waals surface area contributed by atoms with Gasteiger partial charge < -0.3 is 15.2 Å². The van der Waals surface area contributed by atoms with Crippen LogP contribution < -0.4 is 5.32 Å². The van der Waals surface area contributed by atoms with Gasteiger partial charge in [-0.15, -0.1) is 11.3 Å². The monoisotopic (exact) mass is 263 g/mol. The third-order valence-electron chi connectivity index (χ3n) is 2.61. The summed E-state index contributed by atoms with van der Waals surface area (Å²) in [5.74, 6) is 0. The molecule has 0 amide bonds. The van der Waals surface area contributed by atoms with E-state index in [0.29, 0.717) is 13.2 Å². The number of aliphatic hydroxyl groups excluding tert-OH is 1. The Morgan fingerprint density at radius 1 is 1.33 bits per heavy atom. The maximum Gasteiger partial charge on any atom is 0.105 e. The second-order valence-corrected chi connectivity index (χ2v) is 5.02. The Kier molecular flexibility index (Phi) is 4.75. The summed E-state index contributed by atoms with van der Waals surface area (Å²) in [6.45, 7) is 1.11. The lowest BCUT2D eigenvalue weighted by atomic mass is 10.2. The molecular formula is C14H17NO2S. The first-order chi connectivity index (χ1) is 8.79. The third-order valence-corrected chi connectivity index (χ3v) is 3.58. The minimum Gasteiger partial charge on any atom is -0.386 e. The summed E-state index contributed by atoms with van der Waals surface area (Å²) in [5.41, 5.74) is 2.12. The normalized spacial score (nSPS) is 12.3.